The molecule has 20 heavy (non-hydrogen) atoms. The standard InChI is InChI=1S/C15H23N3OS/c1-15(2)10-18(7-8-20-15)13-6-5-12(16)14(17-13)19-9-11-3-4-11/h5-6,11H,3-4,7-10,16H2,1-2H3. The first-order chi connectivity index (χ1) is 9.53. The second-order valence-corrected chi connectivity index (χ2v) is 8.15. The van der Waals surface area contributed by atoms with E-state index in [2.05, 4.69) is 23.7 Å². The van der Waals surface area contributed by atoms with E-state index in [1.807, 2.05) is 23.9 Å². The minimum atomic E-state index is 0.274. The number of hydrogen-bond donors (Lipinski definition) is 1. The minimum Gasteiger partial charge on any atom is -0.476 e. The van der Waals surface area contributed by atoms with Crippen molar-refractivity contribution in [1.82, 2.24) is 4.98 Å². The molecule has 2 heterocycles. The van der Waals surface area contributed by atoms with E-state index in [4.69, 9.17) is 10.5 Å². The molecule has 2 fully saturated rings. The summed E-state index contributed by atoms with van der Waals surface area (Å²) < 4.78 is 6.05. The smallest absolute Gasteiger partial charge is 0.239 e. The summed E-state index contributed by atoms with van der Waals surface area (Å²) in [6.45, 7) is 7.36. The Balaban J connectivity index is 1.73. The van der Waals surface area contributed by atoms with E-state index >= 15 is 0 Å². The van der Waals surface area contributed by atoms with Gasteiger partial charge in [-0.1, -0.05) is 0 Å². The van der Waals surface area contributed by atoms with Gasteiger partial charge in [0.2, 0.25) is 5.88 Å². The quantitative estimate of drug-likeness (QED) is 0.925. The van der Waals surface area contributed by atoms with Crippen LogP contribution in [-0.4, -0.2) is 35.2 Å². The van der Waals surface area contributed by atoms with Crippen molar-refractivity contribution in [2.75, 3.05) is 36.1 Å². The van der Waals surface area contributed by atoms with Crippen LogP contribution < -0.4 is 15.4 Å². The van der Waals surface area contributed by atoms with Crippen molar-refractivity contribution in [2.24, 2.45) is 5.92 Å². The van der Waals surface area contributed by atoms with Crippen LogP contribution >= 0.6 is 11.8 Å². The van der Waals surface area contributed by atoms with Gasteiger partial charge >= 0.3 is 0 Å². The molecule has 1 aromatic heterocycles. The maximum Gasteiger partial charge on any atom is 0.239 e. The molecule has 110 valence electrons. The van der Waals surface area contributed by atoms with Crippen LogP contribution in [-0.2, 0) is 0 Å². The third kappa shape index (κ3) is 3.32. The number of pyridine rings is 1. The lowest BCUT2D eigenvalue weighted by Gasteiger charge is -2.38. The van der Waals surface area contributed by atoms with Crippen molar-refractivity contribution >= 4 is 23.3 Å². The highest BCUT2D eigenvalue weighted by atomic mass is 32.2. The maximum atomic E-state index is 5.97. The summed E-state index contributed by atoms with van der Waals surface area (Å²) in [4.78, 5) is 6.96. The van der Waals surface area contributed by atoms with Gasteiger partial charge in [-0.3, -0.25) is 0 Å². The first-order valence-corrected chi connectivity index (χ1v) is 8.30. The third-order valence-electron chi connectivity index (χ3n) is 3.78. The van der Waals surface area contributed by atoms with Gasteiger partial charge in [-0.05, 0) is 44.7 Å². The highest BCUT2D eigenvalue weighted by Gasteiger charge is 2.28. The Kier molecular flexibility index (Phi) is 3.71. The van der Waals surface area contributed by atoms with Crippen molar-refractivity contribution in [3.63, 3.8) is 0 Å². The van der Waals surface area contributed by atoms with Gasteiger partial charge in [-0.2, -0.15) is 16.7 Å². The van der Waals surface area contributed by atoms with E-state index in [1.54, 1.807) is 0 Å². The van der Waals surface area contributed by atoms with Crippen molar-refractivity contribution < 1.29 is 4.74 Å². The lowest BCUT2D eigenvalue weighted by Crippen LogP contribution is -2.43. The Hall–Kier alpha value is -1.10. The fourth-order valence-corrected chi connectivity index (χ4v) is 3.54. The van der Waals surface area contributed by atoms with Crippen LogP contribution in [0.15, 0.2) is 12.1 Å². The summed E-state index contributed by atoms with van der Waals surface area (Å²) in [5, 5.41) is 0. The molecule has 2 N–H and O–H groups in total. The monoisotopic (exact) mass is 293 g/mol. The lowest BCUT2D eigenvalue weighted by molar-refractivity contribution is 0.290. The van der Waals surface area contributed by atoms with Crippen LogP contribution in [0.1, 0.15) is 26.7 Å². The maximum absolute atomic E-state index is 5.97. The average molecular weight is 293 g/mol. The SMILES string of the molecule is CC1(C)CN(c2ccc(N)c(OCC3CC3)n2)CCS1. The normalized spacial score (nSPS) is 21.8. The molecule has 0 unspecified atom stereocenters. The predicted molar refractivity (Wildman–Crippen MR) is 85.6 cm³/mol. The Bertz CT molecular complexity index is 488. The molecule has 0 aromatic carbocycles. The summed E-state index contributed by atoms with van der Waals surface area (Å²) in [6.07, 6.45) is 2.55. The van der Waals surface area contributed by atoms with Gasteiger partial charge in [0.1, 0.15) is 5.82 Å². The molecule has 0 spiro atoms. The summed E-state index contributed by atoms with van der Waals surface area (Å²) in [5.41, 5.74) is 6.61. The number of nitrogen functional groups attached to an aromatic ring is 1. The lowest BCUT2D eigenvalue weighted by atomic mass is 10.2. The number of hydrogen-bond acceptors (Lipinski definition) is 5. The van der Waals surface area contributed by atoms with E-state index in [0.717, 1.165) is 31.3 Å². The largest absolute Gasteiger partial charge is 0.476 e. The van der Waals surface area contributed by atoms with Gasteiger partial charge in [0.25, 0.3) is 0 Å². The van der Waals surface area contributed by atoms with Gasteiger partial charge in [-0.15, -0.1) is 0 Å². The Labute approximate surface area is 125 Å². The molecular formula is C15H23N3OS. The fourth-order valence-electron chi connectivity index (χ4n) is 2.43. The van der Waals surface area contributed by atoms with E-state index in [-0.39, 0.29) is 4.75 Å². The second-order valence-electron chi connectivity index (χ2n) is 6.35. The number of rotatable bonds is 4. The van der Waals surface area contributed by atoms with Crippen molar-refractivity contribution in [2.45, 2.75) is 31.4 Å². The zero-order valence-corrected chi connectivity index (χ0v) is 13.1. The van der Waals surface area contributed by atoms with Gasteiger partial charge in [0, 0.05) is 23.6 Å². The summed E-state index contributed by atoms with van der Waals surface area (Å²) in [7, 11) is 0. The van der Waals surface area contributed by atoms with E-state index in [9.17, 15) is 0 Å². The van der Waals surface area contributed by atoms with E-state index in [0.29, 0.717) is 17.5 Å². The van der Waals surface area contributed by atoms with E-state index < -0.39 is 0 Å². The highest BCUT2D eigenvalue weighted by molar-refractivity contribution is 8.00. The van der Waals surface area contributed by atoms with Crippen LogP contribution in [0, 0.1) is 5.92 Å². The number of thioether (sulfide) groups is 1. The molecular weight excluding hydrogens is 270 g/mol. The molecule has 1 aliphatic carbocycles. The first kappa shape index (κ1) is 13.9. The number of nitrogens with two attached hydrogens (primary N) is 1. The summed E-state index contributed by atoms with van der Waals surface area (Å²) in [6, 6.07) is 3.92. The molecule has 4 nitrogen and oxygen atoms in total. The fraction of sp³-hybridized carbons (Fsp3) is 0.667. The molecule has 1 aliphatic heterocycles. The molecule has 0 amide bonds. The number of ether oxygens (including phenoxy) is 1. The minimum absolute atomic E-state index is 0.274. The molecule has 0 bridgehead atoms. The molecule has 1 aromatic rings. The predicted octanol–water partition coefficient (Wildman–Crippen LogP) is 2.78. The van der Waals surface area contributed by atoms with Crippen LogP contribution in [0.5, 0.6) is 5.88 Å². The van der Waals surface area contributed by atoms with Crippen LogP contribution in [0.4, 0.5) is 11.5 Å². The third-order valence-corrected chi connectivity index (χ3v) is 5.07. The zero-order chi connectivity index (χ0) is 14.2. The Morgan fingerprint density at radius 1 is 1.45 bits per heavy atom. The molecule has 0 radical (unpaired) electrons. The Morgan fingerprint density at radius 2 is 2.25 bits per heavy atom. The van der Waals surface area contributed by atoms with Crippen LogP contribution in [0.25, 0.3) is 0 Å². The van der Waals surface area contributed by atoms with Gasteiger partial charge < -0.3 is 15.4 Å². The summed E-state index contributed by atoms with van der Waals surface area (Å²) in [5.74, 6) is 3.44. The van der Waals surface area contributed by atoms with Crippen molar-refractivity contribution in [3.8, 4) is 5.88 Å². The van der Waals surface area contributed by atoms with Crippen molar-refractivity contribution in [3.05, 3.63) is 12.1 Å². The zero-order valence-electron chi connectivity index (χ0n) is 12.3. The van der Waals surface area contributed by atoms with Gasteiger partial charge in [0.15, 0.2) is 0 Å². The molecule has 2 aliphatic rings. The van der Waals surface area contributed by atoms with Crippen LogP contribution in [0.2, 0.25) is 0 Å². The molecule has 5 heteroatoms. The van der Waals surface area contributed by atoms with Crippen LogP contribution in [0.3, 0.4) is 0 Å². The first-order valence-electron chi connectivity index (χ1n) is 7.32. The second kappa shape index (κ2) is 5.35. The average Bonchev–Trinajstić information content (AvgIpc) is 3.20. The molecule has 0 atom stereocenters. The number of aromatic nitrogens is 1. The molecule has 3 rings (SSSR count). The number of nitrogens with zero attached hydrogens (tertiary/aromatic N) is 2. The summed E-state index contributed by atoms with van der Waals surface area (Å²) >= 11 is 2.02. The van der Waals surface area contributed by atoms with E-state index in [1.165, 1.54) is 12.8 Å². The topological polar surface area (TPSA) is 51.4 Å². The number of anilines is 2. The van der Waals surface area contributed by atoms with Gasteiger partial charge in [-0.25, -0.2) is 0 Å². The van der Waals surface area contributed by atoms with Crippen molar-refractivity contribution in [1.29, 1.82) is 0 Å². The Morgan fingerprint density at radius 3 is 2.95 bits per heavy atom. The van der Waals surface area contributed by atoms with Gasteiger partial charge in [0.05, 0.1) is 12.3 Å². The molecule has 1 saturated carbocycles. The highest BCUT2D eigenvalue weighted by Crippen LogP contribution is 2.34. The molecule has 1 saturated heterocycles.